The minimum absolute atomic E-state index is 0.107. The molecule has 2 atom stereocenters. The predicted molar refractivity (Wildman–Crippen MR) is 114 cm³/mol. The normalized spacial score (nSPS) is 22.3. The molecule has 0 saturated heterocycles. The molecule has 29 heavy (non-hydrogen) atoms. The van der Waals surface area contributed by atoms with E-state index >= 15 is 0 Å². The van der Waals surface area contributed by atoms with Gasteiger partial charge < -0.3 is 0 Å². The zero-order valence-corrected chi connectivity index (χ0v) is 15.8. The van der Waals surface area contributed by atoms with E-state index in [1.165, 1.54) is 0 Å². The Morgan fingerprint density at radius 3 is 2.14 bits per heavy atom. The number of benzene rings is 4. The molecule has 0 amide bonds. The van der Waals surface area contributed by atoms with Gasteiger partial charge in [-0.15, -0.1) is 0 Å². The van der Waals surface area contributed by atoms with E-state index in [0.29, 0.717) is 12.0 Å². The molecule has 1 spiro atoms. The maximum Gasteiger partial charge on any atom is 0.179 e. The number of Topliss-reactive ketones (excluding diaryl/α,β-unsaturated/α-hetero) is 2. The zero-order chi connectivity index (χ0) is 19.6. The summed E-state index contributed by atoms with van der Waals surface area (Å²) in [5, 5.41) is 2.11. The van der Waals surface area contributed by atoms with E-state index in [4.69, 9.17) is 0 Å². The molecule has 0 aromatic heterocycles. The molecule has 2 aliphatic rings. The molecule has 4 aromatic rings. The van der Waals surface area contributed by atoms with Crippen LogP contribution in [0.3, 0.4) is 0 Å². The third-order valence-electron chi connectivity index (χ3n) is 6.70. The van der Waals surface area contributed by atoms with Crippen molar-refractivity contribution in [2.24, 2.45) is 0 Å². The molecule has 4 aromatic carbocycles. The fourth-order valence-electron chi connectivity index (χ4n) is 5.57. The van der Waals surface area contributed by atoms with Crippen LogP contribution in [0.1, 0.15) is 49.7 Å². The van der Waals surface area contributed by atoms with E-state index < -0.39 is 5.41 Å². The highest BCUT2D eigenvalue weighted by Gasteiger charge is 2.57. The van der Waals surface area contributed by atoms with E-state index in [1.807, 2.05) is 72.8 Å². The minimum atomic E-state index is -0.866. The molecular weight excluding hydrogens is 356 g/mol. The summed E-state index contributed by atoms with van der Waals surface area (Å²) < 4.78 is 0. The first kappa shape index (κ1) is 16.4. The lowest BCUT2D eigenvalue weighted by atomic mass is 9.57. The predicted octanol–water partition coefficient (Wildman–Crippen LogP) is 5.69. The topological polar surface area (TPSA) is 34.1 Å². The van der Waals surface area contributed by atoms with Crippen LogP contribution in [0.4, 0.5) is 0 Å². The number of fused-ring (bicyclic) bond motifs is 3. The summed E-state index contributed by atoms with van der Waals surface area (Å²) in [6.45, 7) is 0. The third-order valence-corrected chi connectivity index (χ3v) is 6.70. The van der Waals surface area contributed by atoms with Crippen LogP contribution in [0.15, 0.2) is 91.0 Å². The van der Waals surface area contributed by atoms with Crippen molar-refractivity contribution in [2.75, 3.05) is 0 Å². The van der Waals surface area contributed by atoms with Crippen molar-refractivity contribution in [3.05, 3.63) is 119 Å². The van der Waals surface area contributed by atoms with Gasteiger partial charge in [0.05, 0.1) is 5.41 Å². The van der Waals surface area contributed by atoms with Crippen molar-refractivity contribution in [3.8, 4) is 0 Å². The summed E-state index contributed by atoms with van der Waals surface area (Å²) in [6, 6.07) is 29.8. The standard InChI is InChI=1S/C27H18O2/c28-24-16-23(17-8-2-1-3-9-17)27(21-14-5-4-12-19(21)24)22-15-7-11-18-10-6-13-20(25(18)22)26(27)29/h1-15,23H,16H2/t23-,27-/m1/s1. The molecule has 0 heterocycles. The maximum absolute atomic E-state index is 14.2. The molecule has 138 valence electrons. The lowest BCUT2D eigenvalue weighted by Gasteiger charge is -2.42. The Morgan fingerprint density at radius 2 is 1.31 bits per heavy atom. The largest absolute Gasteiger partial charge is 0.294 e. The Kier molecular flexibility index (Phi) is 3.25. The highest BCUT2D eigenvalue weighted by Crippen LogP contribution is 2.58. The summed E-state index contributed by atoms with van der Waals surface area (Å²) in [7, 11) is 0. The second-order valence-corrected chi connectivity index (χ2v) is 7.98. The van der Waals surface area contributed by atoms with Crippen molar-refractivity contribution >= 4 is 22.3 Å². The molecule has 2 nitrogen and oxygen atoms in total. The van der Waals surface area contributed by atoms with Gasteiger partial charge in [0.15, 0.2) is 11.6 Å². The van der Waals surface area contributed by atoms with Crippen molar-refractivity contribution in [1.82, 2.24) is 0 Å². The molecule has 0 saturated carbocycles. The smallest absolute Gasteiger partial charge is 0.179 e. The first-order valence-corrected chi connectivity index (χ1v) is 9.97. The fraction of sp³-hybridized carbons (Fsp3) is 0.111. The highest BCUT2D eigenvalue weighted by atomic mass is 16.1. The summed E-state index contributed by atoms with van der Waals surface area (Å²) >= 11 is 0. The molecule has 2 heteroatoms. The summed E-state index contributed by atoms with van der Waals surface area (Å²) in [5.41, 5.74) is 3.49. The number of hydrogen-bond acceptors (Lipinski definition) is 2. The van der Waals surface area contributed by atoms with Crippen molar-refractivity contribution in [1.29, 1.82) is 0 Å². The molecule has 0 unspecified atom stereocenters. The second kappa shape index (κ2) is 5.74. The van der Waals surface area contributed by atoms with E-state index in [-0.39, 0.29) is 17.5 Å². The molecule has 0 N–H and O–H groups in total. The van der Waals surface area contributed by atoms with Crippen molar-refractivity contribution < 1.29 is 9.59 Å². The van der Waals surface area contributed by atoms with Gasteiger partial charge in [-0.2, -0.15) is 0 Å². The number of ketones is 2. The Bertz CT molecular complexity index is 1310. The van der Waals surface area contributed by atoms with E-state index in [1.54, 1.807) is 0 Å². The van der Waals surface area contributed by atoms with Crippen LogP contribution in [0.5, 0.6) is 0 Å². The number of rotatable bonds is 1. The fourth-order valence-corrected chi connectivity index (χ4v) is 5.57. The molecule has 2 aliphatic carbocycles. The zero-order valence-electron chi connectivity index (χ0n) is 15.8. The molecular formula is C27H18O2. The van der Waals surface area contributed by atoms with Crippen LogP contribution in [-0.4, -0.2) is 11.6 Å². The molecule has 0 aliphatic heterocycles. The Balaban J connectivity index is 1.78. The van der Waals surface area contributed by atoms with Gasteiger partial charge in [0.25, 0.3) is 0 Å². The van der Waals surface area contributed by atoms with E-state index in [9.17, 15) is 9.59 Å². The van der Waals surface area contributed by atoms with Gasteiger partial charge in [0.2, 0.25) is 0 Å². The van der Waals surface area contributed by atoms with E-state index in [2.05, 4.69) is 18.2 Å². The van der Waals surface area contributed by atoms with Gasteiger partial charge in [0.1, 0.15) is 0 Å². The van der Waals surface area contributed by atoms with Crippen LogP contribution in [-0.2, 0) is 5.41 Å². The summed E-state index contributed by atoms with van der Waals surface area (Å²) in [5.74, 6) is -0.00860. The van der Waals surface area contributed by atoms with Crippen LogP contribution in [0, 0.1) is 0 Å². The number of hydrogen-bond donors (Lipinski definition) is 0. The van der Waals surface area contributed by atoms with Crippen molar-refractivity contribution in [2.45, 2.75) is 17.8 Å². The van der Waals surface area contributed by atoms with E-state index in [0.717, 1.165) is 33.0 Å². The monoisotopic (exact) mass is 374 g/mol. The Hall–Kier alpha value is -3.52. The Labute approximate surface area is 168 Å². The lowest BCUT2D eigenvalue weighted by Crippen LogP contribution is -2.45. The summed E-state index contributed by atoms with van der Waals surface area (Å²) in [6.07, 6.45) is 0.330. The molecule has 6 rings (SSSR count). The number of carbonyl (C=O) groups excluding carboxylic acids is 2. The summed E-state index contributed by atoms with van der Waals surface area (Å²) in [4.78, 5) is 27.3. The van der Waals surface area contributed by atoms with Crippen LogP contribution in [0.25, 0.3) is 10.8 Å². The molecule has 0 bridgehead atoms. The first-order chi connectivity index (χ1) is 14.2. The van der Waals surface area contributed by atoms with Gasteiger partial charge in [-0.05, 0) is 27.5 Å². The minimum Gasteiger partial charge on any atom is -0.294 e. The third kappa shape index (κ3) is 1.96. The average Bonchev–Trinajstić information content (AvgIpc) is 3.03. The first-order valence-electron chi connectivity index (χ1n) is 9.97. The van der Waals surface area contributed by atoms with Gasteiger partial charge in [-0.25, -0.2) is 0 Å². The van der Waals surface area contributed by atoms with Gasteiger partial charge in [0, 0.05) is 23.5 Å². The van der Waals surface area contributed by atoms with Crippen LogP contribution >= 0.6 is 0 Å². The quantitative estimate of drug-likeness (QED) is 0.429. The van der Waals surface area contributed by atoms with Gasteiger partial charge in [-0.3, -0.25) is 9.59 Å². The SMILES string of the molecule is O=C1C[C@H](c2ccccc2)[C@@]2(C(=O)c3cccc4cccc2c34)c2ccccc21. The second-order valence-electron chi connectivity index (χ2n) is 7.98. The van der Waals surface area contributed by atoms with Crippen LogP contribution < -0.4 is 0 Å². The number of carbonyl (C=O) groups is 2. The molecule has 0 fully saturated rings. The van der Waals surface area contributed by atoms with Gasteiger partial charge >= 0.3 is 0 Å². The van der Waals surface area contributed by atoms with Gasteiger partial charge in [-0.1, -0.05) is 91.0 Å². The Morgan fingerprint density at radius 1 is 0.655 bits per heavy atom. The van der Waals surface area contributed by atoms with Crippen LogP contribution in [0.2, 0.25) is 0 Å². The maximum atomic E-state index is 14.2. The van der Waals surface area contributed by atoms with Crippen molar-refractivity contribution in [3.63, 3.8) is 0 Å². The lowest BCUT2D eigenvalue weighted by molar-refractivity contribution is 0.0853. The average molecular weight is 374 g/mol. The highest BCUT2D eigenvalue weighted by molar-refractivity contribution is 6.24. The molecule has 0 radical (unpaired) electrons.